The molecule has 0 aromatic rings. The molecule has 0 radical (unpaired) electrons. The van der Waals surface area contributed by atoms with Gasteiger partial charge in [-0.3, -0.25) is 4.79 Å². The van der Waals surface area contributed by atoms with Gasteiger partial charge in [-0.1, -0.05) is 13.8 Å². The topological polar surface area (TPSA) is 72.9 Å². The molecule has 0 atom stereocenters. The number of carbonyl (C=O) groups excluding carboxylic acids is 1. The molecule has 0 unspecified atom stereocenters. The largest absolute Gasteiger partial charge is 0.481 e. The number of nitrogens with one attached hydrogen (secondary N) is 1. The lowest BCUT2D eigenvalue weighted by atomic mass is 9.92. The molecule has 0 bridgehead atoms. The zero-order chi connectivity index (χ0) is 15.7. The normalized spacial score (nSPS) is 16.2. The van der Waals surface area contributed by atoms with Crippen molar-refractivity contribution in [2.75, 3.05) is 39.3 Å². The Hall–Kier alpha value is -1.30. The summed E-state index contributed by atoms with van der Waals surface area (Å²) in [6, 6.07) is 0.0128. The van der Waals surface area contributed by atoms with Gasteiger partial charge in [-0.05, 0) is 38.3 Å². The first kappa shape index (κ1) is 17.8. The Bertz CT molecular complexity index is 324. The van der Waals surface area contributed by atoms with Gasteiger partial charge in [-0.15, -0.1) is 0 Å². The van der Waals surface area contributed by atoms with E-state index in [4.69, 9.17) is 5.11 Å². The molecule has 0 saturated carbocycles. The summed E-state index contributed by atoms with van der Waals surface area (Å²) in [5, 5.41) is 11.7. The summed E-state index contributed by atoms with van der Waals surface area (Å²) in [5.74, 6) is -0.285. The molecule has 0 aliphatic carbocycles. The predicted octanol–water partition coefficient (Wildman–Crippen LogP) is 1.61. The van der Waals surface area contributed by atoms with Crippen molar-refractivity contribution < 1.29 is 14.7 Å². The smallest absolute Gasteiger partial charge is 0.317 e. The van der Waals surface area contributed by atoms with Crippen molar-refractivity contribution in [2.24, 2.45) is 5.92 Å². The van der Waals surface area contributed by atoms with Crippen LogP contribution in [0.3, 0.4) is 0 Å². The Morgan fingerprint density at radius 2 is 1.86 bits per heavy atom. The van der Waals surface area contributed by atoms with E-state index in [0.29, 0.717) is 12.5 Å². The van der Waals surface area contributed by atoms with E-state index in [-0.39, 0.29) is 12.5 Å². The summed E-state index contributed by atoms with van der Waals surface area (Å²) >= 11 is 0. The third-order valence-corrected chi connectivity index (χ3v) is 4.27. The second kappa shape index (κ2) is 9.60. The molecule has 6 heteroatoms. The molecular weight excluding hydrogens is 270 g/mol. The summed E-state index contributed by atoms with van der Waals surface area (Å²) in [6.45, 7) is 9.28. The Labute approximate surface area is 127 Å². The van der Waals surface area contributed by atoms with Gasteiger partial charge in [-0.2, -0.15) is 0 Å². The fourth-order valence-corrected chi connectivity index (χ4v) is 2.72. The zero-order valence-electron chi connectivity index (χ0n) is 13.3. The molecule has 1 fully saturated rings. The van der Waals surface area contributed by atoms with Crippen LogP contribution < -0.4 is 5.32 Å². The van der Waals surface area contributed by atoms with Crippen molar-refractivity contribution in [3.8, 4) is 0 Å². The SMILES string of the molecule is CCN(CC)CCNC(=O)N1CCC(CCC(=O)O)CC1. The van der Waals surface area contributed by atoms with Gasteiger partial charge in [0, 0.05) is 32.6 Å². The fraction of sp³-hybridized carbons (Fsp3) is 0.867. The predicted molar refractivity (Wildman–Crippen MR) is 82.4 cm³/mol. The molecule has 122 valence electrons. The standard InChI is InChI=1S/C15H29N3O3/c1-3-17(4-2)12-9-16-15(21)18-10-7-13(8-11-18)5-6-14(19)20/h13H,3-12H2,1-2H3,(H,16,21)(H,19,20). The Kier molecular flexibility index (Phi) is 8.12. The molecule has 2 amide bonds. The van der Waals surface area contributed by atoms with Crippen molar-refractivity contribution in [3.05, 3.63) is 0 Å². The van der Waals surface area contributed by atoms with Gasteiger partial charge in [0.1, 0.15) is 0 Å². The molecule has 1 aliphatic rings. The molecular formula is C15H29N3O3. The van der Waals surface area contributed by atoms with E-state index in [9.17, 15) is 9.59 Å². The summed E-state index contributed by atoms with van der Waals surface area (Å²) < 4.78 is 0. The highest BCUT2D eigenvalue weighted by molar-refractivity contribution is 5.74. The lowest BCUT2D eigenvalue weighted by Gasteiger charge is -2.32. The van der Waals surface area contributed by atoms with Gasteiger partial charge in [0.25, 0.3) is 0 Å². The fourth-order valence-electron chi connectivity index (χ4n) is 2.72. The summed E-state index contributed by atoms with van der Waals surface area (Å²) in [6.07, 6.45) is 2.79. The average Bonchev–Trinajstić information content (AvgIpc) is 2.50. The number of rotatable bonds is 8. The molecule has 1 rings (SSSR count). The molecule has 0 aromatic heterocycles. The van der Waals surface area contributed by atoms with Crippen molar-refractivity contribution in [1.29, 1.82) is 0 Å². The maximum Gasteiger partial charge on any atom is 0.317 e. The molecule has 1 heterocycles. The number of aliphatic carboxylic acids is 1. The summed E-state index contributed by atoms with van der Waals surface area (Å²) in [5.41, 5.74) is 0. The van der Waals surface area contributed by atoms with E-state index in [2.05, 4.69) is 24.1 Å². The van der Waals surface area contributed by atoms with E-state index in [1.165, 1.54) is 0 Å². The molecule has 21 heavy (non-hydrogen) atoms. The first-order valence-electron chi connectivity index (χ1n) is 8.03. The number of piperidine rings is 1. The minimum atomic E-state index is -0.730. The van der Waals surface area contributed by atoms with Gasteiger partial charge in [0.05, 0.1) is 0 Å². The first-order chi connectivity index (χ1) is 10.1. The number of hydrogen-bond acceptors (Lipinski definition) is 3. The van der Waals surface area contributed by atoms with E-state index in [0.717, 1.165) is 52.0 Å². The second-order valence-corrected chi connectivity index (χ2v) is 5.62. The monoisotopic (exact) mass is 299 g/mol. The number of hydrogen-bond donors (Lipinski definition) is 2. The summed E-state index contributed by atoms with van der Waals surface area (Å²) in [4.78, 5) is 26.7. The van der Waals surface area contributed by atoms with Crippen LogP contribution in [0, 0.1) is 5.92 Å². The molecule has 1 saturated heterocycles. The van der Waals surface area contributed by atoms with Gasteiger partial charge in [-0.25, -0.2) is 4.79 Å². The van der Waals surface area contributed by atoms with Crippen LogP contribution in [0.25, 0.3) is 0 Å². The van der Waals surface area contributed by atoms with Gasteiger partial charge < -0.3 is 20.2 Å². The molecule has 2 N–H and O–H groups in total. The Morgan fingerprint density at radius 1 is 1.24 bits per heavy atom. The number of nitrogens with zero attached hydrogens (tertiary/aromatic N) is 2. The number of carboxylic acids is 1. The van der Waals surface area contributed by atoms with Gasteiger partial charge in [0.15, 0.2) is 0 Å². The highest BCUT2D eigenvalue weighted by Gasteiger charge is 2.22. The highest BCUT2D eigenvalue weighted by Crippen LogP contribution is 2.21. The quantitative estimate of drug-likeness (QED) is 0.714. The summed E-state index contributed by atoms with van der Waals surface area (Å²) in [7, 11) is 0. The zero-order valence-corrected chi connectivity index (χ0v) is 13.3. The van der Waals surface area contributed by atoms with Gasteiger partial charge in [0.2, 0.25) is 0 Å². The van der Waals surface area contributed by atoms with Crippen LogP contribution >= 0.6 is 0 Å². The third-order valence-electron chi connectivity index (χ3n) is 4.27. The maximum absolute atomic E-state index is 12.0. The first-order valence-corrected chi connectivity index (χ1v) is 8.03. The van der Waals surface area contributed by atoms with Crippen molar-refractivity contribution in [2.45, 2.75) is 39.5 Å². The maximum atomic E-state index is 12.0. The van der Waals surface area contributed by atoms with Crippen LogP contribution in [0.1, 0.15) is 39.5 Å². The van der Waals surface area contributed by atoms with Gasteiger partial charge >= 0.3 is 12.0 Å². The molecule has 0 aromatic carbocycles. The van der Waals surface area contributed by atoms with Crippen molar-refractivity contribution in [1.82, 2.24) is 15.1 Å². The van der Waals surface area contributed by atoms with E-state index in [1.807, 2.05) is 4.90 Å². The third kappa shape index (κ3) is 6.80. The number of amides is 2. The number of likely N-dealkylation sites (tertiary alicyclic amines) is 1. The second-order valence-electron chi connectivity index (χ2n) is 5.62. The highest BCUT2D eigenvalue weighted by atomic mass is 16.4. The lowest BCUT2D eigenvalue weighted by Crippen LogP contribution is -2.46. The number of carbonyl (C=O) groups is 2. The van der Waals surface area contributed by atoms with Crippen LogP contribution in [-0.2, 0) is 4.79 Å². The van der Waals surface area contributed by atoms with Crippen LogP contribution in [0.15, 0.2) is 0 Å². The average molecular weight is 299 g/mol. The van der Waals surface area contributed by atoms with Crippen LogP contribution in [0.4, 0.5) is 4.79 Å². The number of likely N-dealkylation sites (N-methyl/N-ethyl adjacent to an activating group) is 1. The van der Waals surface area contributed by atoms with Crippen molar-refractivity contribution in [3.63, 3.8) is 0 Å². The molecule has 6 nitrogen and oxygen atoms in total. The number of carboxylic acid groups (broad SMARTS) is 1. The van der Waals surface area contributed by atoms with E-state index in [1.54, 1.807) is 0 Å². The Morgan fingerprint density at radius 3 is 2.38 bits per heavy atom. The minimum absolute atomic E-state index is 0.0128. The van der Waals surface area contributed by atoms with Crippen molar-refractivity contribution >= 4 is 12.0 Å². The molecule has 1 aliphatic heterocycles. The Balaban J connectivity index is 2.18. The number of urea groups is 1. The van der Waals surface area contributed by atoms with Crippen LogP contribution in [0.5, 0.6) is 0 Å². The van der Waals surface area contributed by atoms with Crippen LogP contribution in [-0.4, -0.2) is 66.2 Å². The lowest BCUT2D eigenvalue weighted by molar-refractivity contribution is -0.137. The van der Waals surface area contributed by atoms with E-state index < -0.39 is 5.97 Å². The minimum Gasteiger partial charge on any atom is -0.481 e. The van der Waals surface area contributed by atoms with E-state index >= 15 is 0 Å². The molecule has 0 spiro atoms. The van der Waals surface area contributed by atoms with Crippen LogP contribution in [0.2, 0.25) is 0 Å².